The van der Waals surface area contributed by atoms with Gasteiger partial charge in [0.15, 0.2) is 0 Å². The van der Waals surface area contributed by atoms with Crippen molar-refractivity contribution < 1.29 is 19.6 Å². The second kappa shape index (κ2) is 6.31. The number of rotatable bonds is 3. The normalized spacial score (nSPS) is 18.6. The number of nitro benzene ring substituents is 1. The van der Waals surface area contributed by atoms with Crippen molar-refractivity contribution in [1.82, 2.24) is 4.90 Å². The van der Waals surface area contributed by atoms with Gasteiger partial charge in [-0.25, -0.2) is 4.79 Å². The second-order valence-corrected chi connectivity index (χ2v) is 4.34. The Morgan fingerprint density at radius 1 is 1.50 bits per heavy atom. The molecule has 2 N–H and O–H groups in total. The maximum atomic E-state index is 12.1. The molecule has 2 amide bonds. The number of amides is 2. The van der Waals surface area contributed by atoms with Crippen LogP contribution in [0.15, 0.2) is 24.3 Å². The van der Waals surface area contributed by atoms with E-state index in [1.807, 2.05) is 0 Å². The van der Waals surface area contributed by atoms with E-state index in [0.717, 1.165) is 0 Å². The molecule has 20 heavy (non-hydrogen) atoms. The number of nitrogens with zero attached hydrogens (tertiary/aromatic N) is 2. The van der Waals surface area contributed by atoms with E-state index in [4.69, 9.17) is 4.74 Å². The number of morpholine rings is 1. The van der Waals surface area contributed by atoms with E-state index in [1.54, 1.807) is 0 Å². The lowest BCUT2D eigenvalue weighted by atomic mass is 10.2. The number of aliphatic hydroxyl groups is 1. The van der Waals surface area contributed by atoms with Crippen molar-refractivity contribution >= 4 is 17.4 Å². The molecule has 1 aliphatic rings. The number of ether oxygens (including phenoxy) is 1. The van der Waals surface area contributed by atoms with Gasteiger partial charge in [0, 0.05) is 24.4 Å². The molecule has 0 aliphatic carbocycles. The molecule has 108 valence electrons. The molecule has 0 saturated carbocycles. The highest BCUT2D eigenvalue weighted by molar-refractivity contribution is 5.89. The van der Waals surface area contributed by atoms with E-state index >= 15 is 0 Å². The van der Waals surface area contributed by atoms with Crippen LogP contribution in [0.1, 0.15) is 0 Å². The first-order valence-electron chi connectivity index (χ1n) is 6.12. The highest BCUT2D eigenvalue weighted by Gasteiger charge is 2.26. The van der Waals surface area contributed by atoms with Crippen molar-refractivity contribution in [1.29, 1.82) is 0 Å². The summed E-state index contributed by atoms with van der Waals surface area (Å²) in [5.74, 6) is 0. The summed E-state index contributed by atoms with van der Waals surface area (Å²) in [5.41, 5.74) is 0.423. The highest BCUT2D eigenvalue weighted by Crippen LogP contribution is 2.16. The van der Waals surface area contributed by atoms with E-state index in [9.17, 15) is 20.0 Å². The van der Waals surface area contributed by atoms with Crippen molar-refractivity contribution in [2.24, 2.45) is 0 Å². The minimum Gasteiger partial charge on any atom is -0.394 e. The van der Waals surface area contributed by atoms with Crippen molar-refractivity contribution in [3.63, 3.8) is 0 Å². The SMILES string of the molecule is O=C(Nc1ccc([N+](=O)[O-])cc1)N1CCOCC1CO. The maximum Gasteiger partial charge on any atom is 0.322 e. The van der Waals surface area contributed by atoms with E-state index in [0.29, 0.717) is 25.4 Å². The summed E-state index contributed by atoms with van der Waals surface area (Å²) >= 11 is 0. The third-order valence-corrected chi connectivity index (χ3v) is 3.03. The molecule has 1 heterocycles. The zero-order valence-corrected chi connectivity index (χ0v) is 10.7. The average molecular weight is 281 g/mol. The lowest BCUT2D eigenvalue weighted by molar-refractivity contribution is -0.384. The first kappa shape index (κ1) is 14.2. The molecule has 0 bridgehead atoms. The van der Waals surface area contributed by atoms with Gasteiger partial charge in [0.05, 0.1) is 30.8 Å². The zero-order chi connectivity index (χ0) is 14.5. The molecule has 0 spiro atoms. The molecule has 1 aliphatic heterocycles. The number of nitro groups is 1. The first-order valence-corrected chi connectivity index (χ1v) is 6.12. The van der Waals surface area contributed by atoms with Gasteiger partial charge in [0.25, 0.3) is 5.69 Å². The molecule has 1 saturated heterocycles. The Labute approximate surface area is 115 Å². The van der Waals surface area contributed by atoms with Crippen LogP contribution in [0.4, 0.5) is 16.2 Å². The number of carbonyl (C=O) groups excluding carboxylic acids is 1. The Kier molecular flexibility index (Phi) is 4.49. The summed E-state index contributed by atoms with van der Waals surface area (Å²) in [7, 11) is 0. The van der Waals surface area contributed by atoms with Crippen LogP contribution < -0.4 is 5.32 Å². The van der Waals surface area contributed by atoms with Crippen molar-refractivity contribution in [2.45, 2.75) is 6.04 Å². The number of nitrogens with one attached hydrogen (secondary N) is 1. The molecule has 8 heteroatoms. The van der Waals surface area contributed by atoms with Crippen LogP contribution in [0.5, 0.6) is 0 Å². The molecule has 1 unspecified atom stereocenters. The fourth-order valence-electron chi connectivity index (χ4n) is 1.94. The topological polar surface area (TPSA) is 105 Å². The fourth-order valence-corrected chi connectivity index (χ4v) is 1.94. The van der Waals surface area contributed by atoms with Crippen molar-refractivity contribution in [3.8, 4) is 0 Å². The molecule has 1 atom stereocenters. The van der Waals surface area contributed by atoms with Crippen molar-refractivity contribution in [3.05, 3.63) is 34.4 Å². The summed E-state index contributed by atoms with van der Waals surface area (Å²) in [6.07, 6.45) is 0. The zero-order valence-electron chi connectivity index (χ0n) is 10.7. The predicted molar refractivity (Wildman–Crippen MR) is 70.5 cm³/mol. The van der Waals surface area contributed by atoms with E-state index in [-0.39, 0.29) is 24.4 Å². The van der Waals surface area contributed by atoms with Crippen LogP contribution >= 0.6 is 0 Å². The minimum atomic E-state index is -0.505. The van der Waals surface area contributed by atoms with Gasteiger partial charge in [-0.2, -0.15) is 0 Å². The third kappa shape index (κ3) is 3.22. The van der Waals surface area contributed by atoms with Gasteiger partial charge in [-0.3, -0.25) is 10.1 Å². The Morgan fingerprint density at radius 2 is 2.20 bits per heavy atom. The van der Waals surface area contributed by atoms with E-state index < -0.39 is 4.92 Å². The first-order chi connectivity index (χ1) is 9.61. The molecule has 0 aromatic heterocycles. The Bertz CT molecular complexity index is 490. The molecular formula is C12H15N3O5. The molecule has 2 rings (SSSR count). The quantitative estimate of drug-likeness (QED) is 0.630. The minimum absolute atomic E-state index is 0.0393. The smallest absolute Gasteiger partial charge is 0.322 e. The molecule has 1 aromatic rings. The van der Waals surface area contributed by atoms with Gasteiger partial charge in [0.1, 0.15) is 0 Å². The van der Waals surface area contributed by atoms with Crippen LogP contribution in [0, 0.1) is 10.1 Å². The fraction of sp³-hybridized carbons (Fsp3) is 0.417. The summed E-state index contributed by atoms with van der Waals surface area (Å²) in [6, 6.07) is 4.83. The standard InChI is InChI=1S/C12H15N3O5/c16-7-11-8-20-6-5-14(11)12(17)13-9-1-3-10(4-2-9)15(18)19/h1-4,11,16H,5-8H2,(H,13,17). The number of benzene rings is 1. The third-order valence-electron chi connectivity index (χ3n) is 3.03. The summed E-state index contributed by atoms with van der Waals surface area (Å²) in [5, 5.41) is 22.4. The van der Waals surface area contributed by atoms with E-state index in [1.165, 1.54) is 29.2 Å². The molecule has 0 radical (unpaired) electrons. The number of aliphatic hydroxyl groups excluding tert-OH is 1. The molecular weight excluding hydrogens is 266 g/mol. The number of anilines is 1. The number of hydrogen-bond donors (Lipinski definition) is 2. The Hall–Kier alpha value is -2.19. The summed E-state index contributed by atoms with van der Waals surface area (Å²) < 4.78 is 5.19. The van der Waals surface area contributed by atoms with Crippen LogP contribution in [0.3, 0.4) is 0 Å². The van der Waals surface area contributed by atoms with Crippen LogP contribution in [0.2, 0.25) is 0 Å². The van der Waals surface area contributed by atoms with Gasteiger partial charge in [-0.1, -0.05) is 0 Å². The average Bonchev–Trinajstić information content (AvgIpc) is 2.47. The maximum absolute atomic E-state index is 12.1. The number of urea groups is 1. The number of non-ortho nitro benzene ring substituents is 1. The lowest BCUT2D eigenvalue weighted by Crippen LogP contribution is -2.52. The van der Waals surface area contributed by atoms with Crippen molar-refractivity contribution in [2.75, 3.05) is 31.7 Å². The molecule has 1 aromatic carbocycles. The summed E-state index contributed by atoms with van der Waals surface area (Å²) in [6.45, 7) is 0.937. The Balaban J connectivity index is 2.01. The molecule has 1 fully saturated rings. The van der Waals surface area contributed by atoms with Gasteiger partial charge in [-0.15, -0.1) is 0 Å². The summed E-state index contributed by atoms with van der Waals surface area (Å²) in [4.78, 5) is 23.6. The highest BCUT2D eigenvalue weighted by atomic mass is 16.6. The van der Waals surface area contributed by atoms with Gasteiger partial charge in [0.2, 0.25) is 0 Å². The van der Waals surface area contributed by atoms with Gasteiger partial charge in [-0.05, 0) is 12.1 Å². The predicted octanol–water partition coefficient (Wildman–Crippen LogP) is 0.820. The molecule has 8 nitrogen and oxygen atoms in total. The monoisotopic (exact) mass is 281 g/mol. The Morgan fingerprint density at radius 3 is 2.80 bits per heavy atom. The second-order valence-electron chi connectivity index (χ2n) is 4.34. The number of hydrogen-bond acceptors (Lipinski definition) is 5. The van der Waals surface area contributed by atoms with Crippen LogP contribution in [0.25, 0.3) is 0 Å². The van der Waals surface area contributed by atoms with Gasteiger partial charge >= 0.3 is 6.03 Å². The lowest BCUT2D eigenvalue weighted by Gasteiger charge is -2.34. The van der Waals surface area contributed by atoms with Crippen LogP contribution in [-0.2, 0) is 4.74 Å². The number of carbonyl (C=O) groups is 1. The van der Waals surface area contributed by atoms with Gasteiger partial charge < -0.3 is 20.1 Å². The largest absolute Gasteiger partial charge is 0.394 e. The van der Waals surface area contributed by atoms with E-state index in [2.05, 4.69) is 5.32 Å². The van der Waals surface area contributed by atoms with Crippen LogP contribution in [-0.4, -0.2) is 53.4 Å².